The van der Waals surface area contributed by atoms with Gasteiger partial charge in [0.25, 0.3) is 0 Å². The number of rotatable bonds is 9. The average molecular weight is 481 g/mol. The van der Waals surface area contributed by atoms with E-state index >= 15 is 0 Å². The van der Waals surface area contributed by atoms with Crippen LogP contribution in [0.25, 0.3) is 11.0 Å². The Bertz CT molecular complexity index is 1350. The molecule has 0 aliphatic heterocycles. The summed E-state index contributed by atoms with van der Waals surface area (Å²) >= 11 is 0.949. The van der Waals surface area contributed by atoms with Crippen molar-refractivity contribution in [2.24, 2.45) is 0 Å². The third-order valence-corrected chi connectivity index (χ3v) is 7.28. The second kappa shape index (κ2) is 10.2. The topological polar surface area (TPSA) is 101 Å². The Morgan fingerprint density at radius 3 is 2.52 bits per heavy atom. The number of amides is 1. The first-order valence-electron chi connectivity index (χ1n) is 10.5. The molecule has 0 aliphatic carbocycles. The number of aromatic nitrogens is 2. The second-order valence-electron chi connectivity index (χ2n) is 7.78. The molecule has 33 heavy (non-hydrogen) atoms. The van der Waals surface area contributed by atoms with E-state index in [4.69, 9.17) is 0 Å². The first kappa shape index (κ1) is 23.0. The summed E-state index contributed by atoms with van der Waals surface area (Å²) in [6.07, 6.45) is 0.879. The maximum Gasteiger partial charge on any atom is 0.243 e. The highest BCUT2D eigenvalue weighted by atomic mass is 32.2. The van der Waals surface area contributed by atoms with Crippen molar-refractivity contribution in [1.82, 2.24) is 18.8 Å². The van der Waals surface area contributed by atoms with Crippen LogP contribution in [0.15, 0.2) is 77.7 Å². The summed E-state index contributed by atoms with van der Waals surface area (Å²) in [6, 6.07) is 21.2. The van der Waals surface area contributed by atoms with Crippen LogP contribution in [0.2, 0.25) is 0 Å². The molecule has 2 N–H and O–H groups in total. The van der Waals surface area contributed by atoms with Crippen LogP contribution < -0.4 is 10.0 Å². The molecule has 9 heteroatoms. The van der Waals surface area contributed by atoms with Crippen molar-refractivity contribution in [3.8, 4) is 0 Å². The highest BCUT2D eigenvalue weighted by Crippen LogP contribution is 2.21. The van der Waals surface area contributed by atoms with Crippen molar-refractivity contribution in [2.75, 3.05) is 6.54 Å². The van der Waals surface area contributed by atoms with Gasteiger partial charge in [0, 0.05) is 6.54 Å². The summed E-state index contributed by atoms with van der Waals surface area (Å²) in [5.41, 5.74) is 3.92. The SMILES string of the molecule is Cc1cccc(CCNC(=O)C(Cc2ccccc2)NS(=O)(=O)c2cccc3nsnc23)c1. The number of fused-ring (bicyclic) bond motifs is 1. The largest absolute Gasteiger partial charge is 0.354 e. The van der Waals surface area contributed by atoms with Crippen LogP contribution in [-0.4, -0.2) is 35.7 Å². The number of sulfonamides is 1. The summed E-state index contributed by atoms with van der Waals surface area (Å²) in [6.45, 7) is 2.42. The van der Waals surface area contributed by atoms with Gasteiger partial charge in [-0.05, 0) is 43.0 Å². The fourth-order valence-electron chi connectivity index (χ4n) is 3.61. The number of nitrogens with zero attached hydrogens (tertiary/aromatic N) is 2. The van der Waals surface area contributed by atoms with Gasteiger partial charge in [0.1, 0.15) is 22.0 Å². The maximum atomic E-state index is 13.2. The van der Waals surface area contributed by atoms with Gasteiger partial charge in [-0.1, -0.05) is 66.2 Å². The zero-order valence-corrected chi connectivity index (χ0v) is 19.7. The average Bonchev–Trinajstić information content (AvgIpc) is 3.28. The summed E-state index contributed by atoms with van der Waals surface area (Å²) in [7, 11) is -4.01. The first-order chi connectivity index (χ1) is 15.9. The zero-order chi connectivity index (χ0) is 23.3. The molecule has 7 nitrogen and oxygen atoms in total. The van der Waals surface area contributed by atoms with Gasteiger partial charge in [0.05, 0.1) is 11.7 Å². The van der Waals surface area contributed by atoms with Gasteiger partial charge < -0.3 is 5.32 Å². The molecule has 0 saturated carbocycles. The lowest BCUT2D eigenvalue weighted by Gasteiger charge is -2.19. The van der Waals surface area contributed by atoms with Crippen LogP contribution >= 0.6 is 11.7 Å². The quantitative estimate of drug-likeness (QED) is 0.383. The van der Waals surface area contributed by atoms with Crippen molar-refractivity contribution in [3.05, 3.63) is 89.5 Å². The van der Waals surface area contributed by atoms with Crippen LogP contribution in [0, 0.1) is 6.92 Å². The van der Waals surface area contributed by atoms with Crippen molar-refractivity contribution >= 4 is 38.7 Å². The second-order valence-corrected chi connectivity index (χ2v) is 9.99. The fourth-order valence-corrected chi connectivity index (χ4v) is 5.57. The molecule has 4 aromatic rings. The molecule has 1 atom stereocenters. The van der Waals surface area contributed by atoms with Gasteiger partial charge in [0.15, 0.2) is 0 Å². The van der Waals surface area contributed by atoms with Gasteiger partial charge in [-0.3, -0.25) is 4.79 Å². The van der Waals surface area contributed by atoms with E-state index in [1.54, 1.807) is 12.1 Å². The highest BCUT2D eigenvalue weighted by Gasteiger charge is 2.28. The van der Waals surface area contributed by atoms with E-state index in [1.807, 2.05) is 55.5 Å². The van der Waals surface area contributed by atoms with E-state index < -0.39 is 16.1 Å². The number of carbonyl (C=O) groups is 1. The molecule has 4 rings (SSSR count). The molecule has 0 saturated heterocycles. The van der Waals surface area contributed by atoms with Crippen LogP contribution in [-0.2, 0) is 27.7 Å². The Hall–Kier alpha value is -3.14. The Kier molecular flexibility index (Phi) is 7.12. The van der Waals surface area contributed by atoms with Crippen LogP contribution in [0.1, 0.15) is 16.7 Å². The number of hydrogen-bond acceptors (Lipinski definition) is 6. The third-order valence-electron chi connectivity index (χ3n) is 5.23. The predicted octanol–water partition coefficient (Wildman–Crippen LogP) is 3.25. The van der Waals surface area contributed by atoms with Crippen LogP contribution in [0.4, 0.5) is 0 Å². The third kappa shape index (κ3) is 5.81. The maximum absolute atomic E-state index is 13.2. The van der Waals surface area contributed by atoms with Gasteiger partial charge in [0.2, 0.25) is 15.9 Å². The molecule has 0 spiro atoms. The number of aryl methyl sites for hydroxylation is 1. The molecule has 1 amide bonds. The van der Waals surface area contributed by atoms with Crippen molar-refractivity contribution in [1.29, 1.82) is 0 Å². The Morgan fingerprint density at radius 2 is 1.73 bits per heavy atom. The molecule has 1 aromatic heterocycles. The minimum absolute atomic E-state index is 0.0133. The molecular weight excluding hydrogens is 456 g/mol. The molecule has 0 aliphatic rings. The molecular formula is C24H24N4O3S2. The Labute approximate surface area is 197 Å². The number of hydrogen-bond donors (Lipinski definition) is 2. The van der Waals surface area contributed by atoms with E-state index in [2.05, 4.69) is 24.9 Å². The molecule has 3 aromatic carbocycles. The molecule has 1 unspecified atom stereocenters. The normalized spacial score (nSPS) is 12.5. The Balaban J connectivity index is 1.52. The summed E-state index contributed by atoms with van der Waals surface area (Å²) in [4.78, 5) is 13.1. The number of carbonyl (C=O) groups excluding carboxylic acids is 1. The molecule has 0 fully saturated rings. The van der Waals surface area contributed by atoms with E-state index in [9.17, 15) is 13.2 Å². The predicted molar refractivity (Wildman–Crippen MR) is 130 cm³/mol. The molecule has 0 bridgehead atoms. The molecule has 0 radical (unpaired) electrons. The van der Waals surface area contributed by atoms with Gasteiger partial charge >= 0.3 is 0 Å². The van der Waals surface area contributed by atoms with Crippen LogP contribution in [0.5, 0.6) is 0 Å². The zero-order valence-electron chi connectivity index (χ0n) is 18.1. The van der Waals surface area contributed by atoms with Crippen molar-refractivity contribution in [3.63, 3.8) is 0 Å². The molecule has 1 heterocycles. The van der Waals surface area contributed by atoms with E-state index in [0.29, 0.717) is 24.0 Å². The lowest BCUT2D eigenvalue weighted by molar-refractivity contribution is -0.122. The van der Waals surface area contributed by atoms with Crippen molar-refractivity contribution < 1.29 is 13.2 Å². The standard InChI is InChI=1S/C24H24N4O3S2/c1-17-7-5-10-19(15-17)13-14-25-24(29)21(16-18-8-3-2-4-9-18)28-33(30,31)22-12-6-11-20-23(22)27-32-26-20/h2-12,15,21,28H,13-14,16H2,1H3,(H,25,29). The monoisotopic (exact) mass is 480 g/mol. The molecule has 170 valence electrons. The summed E-state index contributed by atoms with van der Waals surface area (Å²) in [5.74, 6) is -0.376. The van der Waals surface area contributed by atoms with E-state index in [-0.39, 0.29) is 17.2 Å². The fraction of sp³-hybridized carbons (Fsp3) is 0.208. The minimum Gasteiger partial charge on any atom is -0.354 e. The first-order valence-corrected chi connectivity index (χ1v) is 12.7. The van der Waals surface area contributed by atoms with Gasteiger partial charge in [-0.25, -0.2) is 8.42 Å². The van der Waals surface area contributed by atoms with E-state index in [1.165, 1.54) is 6.07 Å². The summed E-state index contributed by atoms with van der Waals surface area (Å²) < 4.78 is 37.3. The van der Waals surface area contributed by atoms with E-state index in [0.717, 1.165) is 28.4 Å². The number of nitrogens with one attached hydrogen (secondary N) is 2. The van der Waals surface area contributed by atoms with Crippen molar-refractivity contribution in [2.45, 2.75) is 30.7 Å². The summed E-state index contributed by atoms with van der Waals surface area (Å²) in [5, 5.41) is 2.89. The lowest BCUT2D eigenvalue weighted by atomic mass is 10.1. The lowest BCUT2D eigenvalue weighted by Crippen LogP contribution is -2.48. The van der Waals surface area contributed by atoms with Gasteiger partial charge in [-0.15, -0.1) is 0 Å². The number of benzene rings is 3. The highest BCUT2D eigenvalue weighted by molar-refractivity contribution is 7.89. The minimum atomic E-state index is -4.01. The smallest absolute Gasteiger partial charge is 0.243 e. The Morgan fingerprint density at radius 1 is 0.970 bits per heavy atom. The van der Waals surface area contributed by atoms with Gasteiger partial charge in [-0.2, -0.15) is 13.5 Å². The van der Waals surface area contributed by atoms with Crippen LogP contribution in [0.3, 0.4) is 0 Å².